The van der Waals surface area contributed by atoms with Gasteiger partial charge in [0, 0.05) is 26.0 Å². The Morgan fingerprint density at radius 2 is 2.10 bits per heavy atom. The number of fused-ring (bicyclic) bond motifs is 1. The van der Waals surface area contributed by atoms with Crippen molar-refractivity contribution >= 4 is 34.4 Å². The van der Waals surface area contributed by atoms with Crippen LogP contribution in [0.4, 0.5) is 0 Å². The average molecular weight is 316 g/mol. The molecule has 0 fully saturated rings. The fraction of sp³-hybridized carbons (Fsp3) is 0.571. The van der Waals surface area contributed by atoms with Gasteiger partial charge in [-0.25, -0.2) is 9.97 Å². The van der Waals surface area contributed by atoms with E-state index in [4.69, 9.17) is 27.9 Å². The van der Waals surface area contributed by atoms with Crippen molar-refractivity contribution in [2.75, 3.05) is 13.2 Å². The lowest BCUT2D eigenvalue weighted by Crippen LogP contribution is -2.07. The molecule has 0 radical (unpaired) electrons. The van der Waals surface area contributed by atoms with Crippen molar-refractivity contribution in [3.8, 4) is 0 Å². The molecule has 0 aliphatic rings. The predicted molar refractivity (Wildman–Crippen MR) is 82.4 cm³/mol. The van der Waals surface area contributed by atoms with E-state index < -0.39 is 0 Å². The van der Waals surface area contributed by atoms with Gasteiger partial charge in [0.05, 0.1) is 10.9 Å². The van der Waals surface area contributed by atoms with Gasteiger partial charge < -0.3 is 9.30 Å². The van der Waals surface area contributed by atoms with Crippen molar-refractivity contribution < 1.29 is 4.74 Å². The summed E-state index contributed by atoms with van der Waals surface area (Å²) in [7, 11) is 0. The summed E-state index contributed by atoms with van der Waals surface area (Å²) in [4.78, 5) is 8.81. The van der Waals surface area contributed by atoms with Crippen molar-refractivity contribution in [3.05, 3.63) is 23.1 Å². The molecule has 0 N–H and O–H groups in total. The molecule has 0 atom stereocenters. The van der Waals surface area contributed by atoms with Crippen molar-refractivity contribution in [1.82, 2.24) is 14.5 Å². The first-order valence-corrected chi connectivity index (χ1v) is 7.82. The van der Waals surface area contributed by atoms with Crippen LogP contribution in [0.25, 0.3) is 11.2 Å². The Morgan fingerprint density at radius 3 is 2.85 bits per heavy atom. The number of rotatable bonds is 8. The van der Waals surface area contributed by atoms with Crippen molar-refractivity contribution in [2.24, 2.45) is 0 Å². The lowest BCUT2D eigenvalue weighted by Gasteiger charge is -2.07. The smallest absolute Gasteiger partial charge is 0.160 e. The molecular formula is C14H19Cl2N3O. The van der Waals surface area contributed by atoms with Crippen molar-refractivity contribution in [1.29, 1.82) is 0 Å². The summed E-state index contributed by atoms with van der Waals surface area (Å²) in [6, 6.07) is 1.81. The van der Waals surface area contributed by atoms with Crippen LogP contribution in [0.5, 0.6) is 0 Å². The highest BCUT2D eigenvalue weighted by atomic mass is 35.5. The van der Waals surface area contributed by atoms with Crippen molar-refractivity contribution in [2.45, 2.75) is 38.6 Å². The zero-order valence-electron chi connectivity index (χ0n) is 11.6. The van der Waals surface area contributed by atoms with E-state index in [0.29, 0.717) is 10.9 Å². The standard InChI is InChI=1S/C14H19Cl2N3O/c1-2-3-6-20-7-4-5-19-13(9-15)18-12-8-11(16)10-17-14(12)19/h8,10H,2-7,9H2,1H3. The van der Waals surface area contributed by atoms with E-state index in [0.717, 1.165) is 56.0 Å². The second-order valence-electron chi connectivity index (χ2n) is 4.63. The van der Waals surface area contributed by atoms with Gasteiger partial charge in [0.25, 0.3) is 0 Å². The molecule has 0 spiro atoms. The summed E-state index contributed by atoms with van der Waals surface area (Å²) in [6.07, 6.45) is 4.83. The monoisotopic (exact) mass is 315 g/mol. The topological polar surface area (TPSA) is 39.9 Å². The first-order chi connectivity index (χ1) is 9.76. The van der Waals surface area contributed by atoms with Crippen LogP contribution in [-0.4, -0.2) is 27.7 Å². The first kappa shape index (κ1) is 15.5. The summed E-state index contributed by atoms with van der Waals surface area (Å²) in [6.45, 7) is 4.54. The number of alkyl halides is 1. The van der Waals surface area contributed by atoms with Gasteiger partial charge in [-0.1, -0.05) is 24.9 Å². The highest BCUT2D eigenvalue weighted by Gasteiger charge is 2.11. The minimum Gasteiger partial charge on any atom is -0.381 e. The second-order valence-corrected chi connectivity index (χ2v) is 5.33. The van der Waals surface area contributed by atoms with Crippen LogP contribution < -0.4 is 0 Å². The Balaban J connectivity index is 2.01. The number of nitrogens with zero attached hydrogens (tertiary/aromatic N) is 3. The van der Waals surface area contributed by atoms with Crippen LogP contribution >= 0.6 is 23.2 Å². The van der Waals surface area contributed by atoms with Gasteiger partial charge in [-0.15, -0.1) is 11.6 Å². The number of aromatic nitrogens is 3. The van der Waals surface area contributed by atoms with Crippen LogP contribution in [0.15, 0.2) is 12.3 Å². The Hall–Kier alpha value is -0.840. The molecule has 20 heavy (non-hydrogen) atoms. The molecule has 2 rings (SSSR count). The molecule has 110 valence electrons. The normalized spacial score (nSPS) is 11.3. The third-order valence-corrected chi connectivity index (χ3v) is 3.51. The first-order valence-electron chi connectivity index (χ1n) is 6.90. The minimum atomic E-state index is 0.366. The van der Waals surface area contributed by atoms with E-state index in [-0.39, 0.29) is 0 Å². The maximum Gasteiger partial charge on any atom is 0.160 e. The molecule has 0 aliphatic carbocycles. The molecule has 6 heteroatoms. The number of hydrogen-bond donors (Lipinski definition) is 0. The number of pyridine rings is 1. The summed E-state index contributed by atoms with van der Waals surface area (Å²) < 4.78 is 7.61. The van der Waals surface area contributed by atoms with E-state index in [2.05, 4.69) is 16.9 Å². The van der Waals surface area contributed by atoms with Crippen LogP contribution in [0, 0.1) is 0 Å². The van der Waals surface area contributed by atoms with Gasteiger partial charge in [-0.3, -0.25) is 0 Å². The Kier molecular flexibility index (Phi) is 6.07. The Labute approximate surface area is 129 Å². The zero-order chi connectivity index (χ0) is 14.4. The summed E-state index contributed by atoms with van der Waals surface area (Å²) in [5.74, 6) is 1.19. The molecule has 0 saturated heterocycles. The number of ether oxygens (including phenoxy) is 1. The van der Waals surface area contributed by atoms with Crippen LogP contribution in [-0.2, 0) is 17.2 Å². The van der Waals surface area contributed by atoms with Crippen LogP contribution in [0.2, 0.25) is 5.02 Å². The van der Waals surface area contributed by atoms with E-state index in [1.165, 1.54) is 0 Å². The summed E-state index contributed by atoms with van der Waals surface area (Å²) in [5.41, 5.74) is 1.62. The minimum absolute atomic E-state index is 0.366. The molecule has 0 unspecified atom stereocenters. The van der Waals surface area contributed by atoms with Crippen LogP contribution in [0.3, 0.4) is 0 Å². The molecular weight excluding hydrogens is 297 g/mol. The quantitative estimate of drug-likeness (QED) is 0.545. The van der Waals surface area contributed by atoms with Crippen molar-refractivity contribution in [3.63, 3.8) is 0 Å². The maximum absolute atomic E-state index is 5.95. The van der Waals surface area contributed by atoms with Gasteiger partial charge in [0.1, 0.15) is 11.3 Å². The molecule has 4 nitrogen and oxygen atoms in total. The van der Waals surface area contributed by atoms with Gasteiger partial charge in [0.15, 0.2) is 5.65 Å². The van der Waals surface area contributed by atoms with Gasteiger partial charge >= 0.3 is 0 Å². The third-order valence-electron chi connectivity index (χ3n) is 3.06. The number of halogens is 2. The predicted octanol–water partition coefficient (Wildman–Crippen LogP) is 4.03. The maximum atomic E-state index is 5.95. The van der Waals surface area contributed by atoms with E-state index in [9.17, 15) is 0 Å². The van der Waals surface area contributed by atoms with Gasteiger partial charge in [-0.05, 0) is 18.9 Å². The van der Waals surface area contributed by atoms with E-state index in [1.54, 1.807) is 6.20 Å². The molecule has 0 saturated carbocycles. The second kappa shape index (κ2) is 7.81. The number of hydrogen-bond acceptors (Lipinski definition) is 3. The van der Waals surface area contributed by atoms with Crippen LogP contribution in [0.1, 0.15) is 32.0 Å². The Morgan fingerprint density at radius 1 is 1.30 bits per heavy atom. The molecule has 0 aromatic carbocycles. The number of unbranched alkanes of at least 4 members (excludes halogenated alkanes) is 1. The summed E-state index contributed by atoms with van der Waals surface area (Å²) in [5, 5.41) is 0.589. The third kappa shape index (κ3) is 3.84. The highest BCUT2D eigenvalue weighted by molar-refractivity contribution is 6.31. The molecule has 0 amide bonds. The molecule has 2 aromatic rings. The average Bonchev–Trinajstić information content (AvgIpc) is 2.79. The zero-order valence-corrected chi connectivity index (χ0v) is 13.1. The molecule has 2 aromatic heterocycles. The van der Waals surface area contributed by atoms with E-state index in [1.807, 2.05) is 10.6 Å². The lowest BCUT2D eigenvalue weighted by molar-refractivity contribution is 0.126. The largest absolute Gasteiger partial charge is 0.381 e. The number of aryl methyl sites for hydroxylation is 1. The SMILES string of the molecule is CCCCOCCCn1c(CCl)nc2cc(Cl)cnc21. The number of imidazole rings is 1. The fourth-order valence-corrected chi connectivity index (χ4v) is 2.40. The molecule has 2 heterocycles. The Bertz CT molecular complexity index is 557. The van der Waals surface area contributed by atoms with Gasteiger partial charge in [-0.2, -0.15) is 0 Å². The fourth-order valence-electron chi connectivity index (χ4n) is 2.04. The lowest BCUT2D eigenvalue weighted by atomic mass is 10.3. The molecule has 0 bridgehead atoms. The van der Waals surface area contributed by atoms with E-state index >= 15 is 0 Å². The molecule has 0 aliphatic heterocycles. The van der Waals surface area contributed by atoms with Gasteiger partial charge in [0.2, 0.25) is 0 Å². The summed E-state index contributed by atoms with van der Waals surface area (Å²) >= 11 is 11.9. The highest BCUT2D eigenvalue weighted by Crippen LogP contribution is 2.19.